The first-order chi connectivity index (χ1) is 6.27. The third-order valence-electron chi connectivity index (χ3n) is 2.48. The summed E-state index contributed by atoms with van der Waals surface area (Å²) in [6.45, 7) is 4.46. The topological polar surface area (TPSA) is 0 Å². The van der Waals surface area contributed by atoms with Gasteiger partial charge in [-0.25, -0.2) is 0 Å². The minimum absolute atomic E-state index is 0.597. The zero-order valence-corrected chi connectivity index (χ0v) is 10.3. The van der Waals surface area contributed by atoms with Crippen LogP contribution in [0.25, 0.3) is 0 Å². The summed E-state index contributed by atoms with van der Waals surface area (Å²) in [6.07, 6.45) is 12.6. The quantitative estimate of drug-likeness (QED) is 0.401. The van der Waals surface area contributed by atoms with Crippen molar-refractivity contribution in [3.63, 3.8) is 0 Å². The monoisotopic (exact) mass is 202 g/mol. The van der Waals surface area contributed by atoms with Crippen LogP contribution in [0.5, 0.6) is 0 Å². The molecule has 0 aromatic carbocycles. The Morgan fingerprint density at radius 2 is 1.31 bits per heavy atom. The molecule has 0 radical (unpaired) electrons. The molecule has 0 amide bonds. The summed E-state index contributed by atoms with van der Waals surface area (Å²) in [6, 6.07) is 0. The normalized spacial score (nSPS) is 13.2. The van der Waals surface area contributed by atoms with E-state index in [1.165, 1.54) is 57.8 Å². The SMILES string of the molecule is CCCCCCCCCC[C@@H](C)S. The maximum atomic E-state index is 4.37. The van der Waals surface area contributed by atoms with E-state index < -0.39 is 0 Å². The highest BCUT2D eigenvalue weighted by Crippen LogP contribution is 2.11. The molecule has 80 valence electrons. The Morgan fingerprint density at radius 3 is 1.77 bits per heavy atom. The highest BCUT2D eigenvalue weighted by molar-refractivity contribution is 7.80. The smallest absolute Gasteiger partial charge is 0.00116 e. The Kier molecular flexibility index (Phi) is 10.7. The predicted octanol–water partition coefficient (Wildman–Crippen LogP) is 4.84. The Morgan fingerprint density at radius 1 is 0.846 bits per heavy atom. The molecule has 0 aliphatic heterocycles. The summed E-state index contributed by atoms with van der Waals surface area (Å²) < 4.78 is 0. The molecule has 0 fully saturated rings. The van der Waals surface area contributed by atoms with Gasteiger partial charge in [0.2, 0.25) is 0 Å². The lowest BCUT2D eigenvalue weighted by molar-refractivity contribution is 0.565. The summed E-state index contributed by atoms with van der Waals surface area (Å²) in [4.78, 5) is 0. The van der Waals surface area contributed by atoms with Crippen molar-refractivity contribution in [3.05, 3.63) is 0 Å². The van der Waals surface area contributed by atoms with Crippen molar-refractivity contribution in [1.29, 1.82) is 0 Å². The lowest BCUT2D eigenvalue weighted by Gasteiger charge is -2.03. The maximum Gasteiger partial charge on any atom is -0.00116 e. The van der Waals surface area contributed by atoms with E-state index in [0.717, 1.165) is 0 Å². The van der Waals surface area contributed by atoms with E-state index in [4.69, 9.17) is 0 Å². The number of hydrogen-bond donors (Lipinski definition) is 1. The van der Waals surface area contributed by atoms with Gasteiger partial charge < -0.3 is 0 Å². The Bertz CT molecular complexity index is 89.1. The molecule has 13 heavy (non-hydrogen) atoms. The van der Waals surface area contributed by atoms with Crippen molar-refractivity contribution in [2.24, 2.45) is 0 Å². The zero-order valence-electron chi connectivity index (χ0n) is 9.39. The van der Waals surface area contributed by atoms with Crippen molar-refractivity contribution in [3.8, 4) is 0 Å². The first-order valence-corrected chi connectivity index (χ1v) is 6.47. The maximum absolute atomic E-state index is 4.37. The summed E-state index contributed by atoms with van der Waals surface area (Å²) in [5.74, 6) is 0. The van der Waals surface area contributed by atoms with Gasteiger partial charge in [0.25, 0.3) is 0 Å². The van der Waals surface area contributed by atoms with Gasteiger partial charge in [-0.2, -0.15) is 12.6 Å². The van der Waals surface area contributed by atoms with Crippen molar-refractivity contribution >= 4 is 12.6 Å². The van der Waals surface area contributed by atoms with Gasteiger partial charge in [-0.1, -0.05) is 65.2 Å². The number of rotatable bonds is 9. The summed E-state index contributed by atoms with van der Waals surface area (Å²) in [5, 5.41) is 0.597. The molecule has 0 bridgehead atoms. The fraction of sp³-hybridized carbons (Fsp3) is 1.00. The molecule has 0 spiro atoms. The Balaban J connectivity index is 2.84. The van der Waals surface area contributed by atoms with Crippen LogP contribution in [0.15, 0.2) is 0 Å². The summed E-state index contributed by atoms with van der Waals surface area (Å²) in [7, 11) is 0. The van der Waals surface area contributed by atoms with Crippen LogP contribution in [0.1, 0.15) is 71.6 Å². The molecule has 1 atom stereocenters. The summed E-state index contributed by atoms with van der Waals surface area (Å²) >= 11 is 4.37. The molecule has 0 nitrogen and oxygen atoms in total. The van der Waals surface area contributed by atoms with E-state index in [2.05, 4.69) is 26.5 Å². The lowest BCUT2D eigenvalue weighted by atomic mass is 10.1. The Hall–Kier alpha value is 0.350. The van der Waals surface area contributed by atoms with Gasteiger partial charge in [0.05, 0.1) is 0 Å². The second-order valence-electron chi connectivity index (χ2n) is 4.11. The van der Waals surface area contributed by atoms with Crippen LogP contribution in [0, 0.1) is 0 Å². The largest absolute Gasteiger partial charge is 0.176 e. The predicted molar refractivity (Wildman–Crippen MR) is 65.7 cm³/mol. The molecule has 0 unspecified atom stereocenters. The van der Waals surface area contributed by atoms with E-state index in [0.29, 0.717) is 5.25 Å². The first-order valence-electron chi connectivity index (χ1n) is 5.95. The number of hydrogen-bond acceptors (Lipinski definition) is 1. The van der Waals surface area contributed by atoms with Crippen LogP contribution < -0.4 is 0 Å². The van der Waals surface area contributed by atoms with E-state index in [-0.39, 0.29) is 0 Å². The average Bonchev–Trinajstić information content (AvgIpc) is 2.09. The molecule has 0 aromatic rings. The van der Waals surface area contributed by atoms with E-state index in [1.807, 2.05) is 0 Å². The molecule has 0 rings (SSSR count). The van der Waals surface area contributed by atoms with Crippen LogP contribution >= 0.6 is 12.6 Å². The van der Waals surface area contributed by atoms with Crippen LogP contribution in [0.3, 0.4) is 0 Å². The van der Waals surface area contributed by atoms with Gasteiger partial charge in [0.1, 0.15) is 0 Å². The van der Waals surface area contributed by atoms with Gasteiger partial charge in [0, 0.05) is 0 Å². The lowest BCUT2D eigenvalue weighted by Crippen LogP contribution is -1.90. The molecule has 0 aromatic heterocycles. The highest BCUT2D eigenvalue weighted by atomic mass is 32.1. The summed E-state index contributed by atoms with van der Waals surface area (Å²) in [5.41, 5.74) is 0. The zero-order chi connectivity index (χ0) is 9.94. The molecule has 0 heterocycles. The van der Waals surface area contributed by atoms with Crippen molar-refractivity contribution in [2.45, 2.75) is 76.9 Å². The molecular formula is C12H26S. The van der Waals surface area contributed by atoms with Gasteiger partial charge in [0.15, 0.2) is 0 Å². The molecule has 0 aliphatic carbocycles. The highest BCUT2D eigenvalue weighted by Gasteiger charge is 1.94. The Labute approximate surface area is 89.9 Å². The van der Waals surface area contributed by atoms with E-state index in [1.54, 1.807) is 0 Å². The van der Waals surface area contributed by atoms with Crippen molar-refractivity contribution < 1.29 is 0 Å². The standard InChI is InChI=1S/C12H26S/c1-3-4-5-6-7-8-9-10-11-12(2)13/h12-13H,3-11H2,1-2H3/t12-/m1/s1. The molecule has 1 heteroatoms. The molecule has 0 saturated carbocycles. The number of unbranched alkanes of at least 4 members (excludes halogenated alkanes) is 7. The van der Waals surface area contributed by atoms with E-state index >= 15 is 0 Å². The average molecular weight is 202 g/mol. The minimum Gasteiger partial charge on any atom is -0.176 e. The second-order valence-corrected chi connectivity index (χ2v) is 4.99. The molecule has 0 aliphatic rings. The fourth-order valence-corrected chi connectivity index (χ4v) is 1.76. The molecule has 0 N–H and O–H groups in total. The van der Waals surface area contributed by atoms with Crippen LogP contribution in [0.2, 0.25) is 0 Å². The van der Waals surface area contributed by atoms with Crippen LogP contribution in [-0.4, -0.2) is 5.25 Å². The van der Waals surface area contributed by atoms with Gasteiger partial charge in [-0.05, 0) is 11.7 Å². The van der Waals surface area contributed by atoms with Gasteiger partial charge in [-0.15, -0.1) is 0 Å². The van der Waals surface area contributed by atoms with Gasteiger partial charge >= 0.3 is 0 Å². The second kappa shape index (κ2) is 10.4. The number of thiol groups is 1. The van der Waals surface area contributed by atoms with Crippen molar-refractivity contribution in [1.82, 2.24) is 0 Å². The van der Waals surface area contributed by atoms with Gasteiger partial charge in [-0.3, -0.25) is 0 Å². The first kappa shape index (κ1) is 13.4. The van der Waals surface area contributed by atoms with Crippen LogP contribution in [-0.2, 0) is 0 Å². The van der Waals surface area contributed by atoms with E-state index in [9.17, 15) is 0 Å². The van der Waals surface area contributed by atoms with Crippen molar-refractivity contribution in [2.75, 3.05) is 0 Å². The third kappa shape index (κ3) is 12.4. The molecular weight excluding hydrogens is 176 g/mol. The minimum atomic E-state index is 0.597. The van der Waals surface area contributed by atoms with Crippen LogP contribution in [0.4, 0.5) is 0 Å². The molecule has 0 saturated heterocycles. The third-order valence-corrected chi connectivity index (χ3v) is 2.73. The fourth-order valence-electron chi connectivity index (χ4n) is 1.57.